The molecule has 22 heavy (non-hydrogen) atoms. The molecule has 0 radical (unpaired) electrons. The van der Waals surface area contributed by atoms with E-state index in [-0.39, 0.29) is 30.1 Å². The summed E-state index contributed by atoms with van der Waals surface area (Å²) >= 11 is 0. The van der Waals surface area contributed by atoms with Crippen LogP contribution in [0.2, 0.25) is 0 Å². The number of hydrogen-bond acceptors (Lipinski definition) is 5. The van der Waals surface area contributed by atoms with Crippen LogP contribution >= 0.6 is 0 Å². The molecule has 2 heterocycles. The molecule has 2 aromatic heterocycles. The minimum absolute atomic E-state index is 0.103. The summed E-state index contributed by atoms with van der Waals surface area (Å²) in [6, 6.07) is 2.77. The van der Waals surface area contributed by atoms with Gasteiger partial charge in [-0.05, 0) is 6.42 Å². The Bertz CT molecular complexity index is 765. The van der Waals surface area contributed by atoms with Crippen molar-refractivity contribution in [2.75, 3.05) is 6.54 Å². The second-order valence-corrected chi connectivity index (χ2v) is 4.66. The molecule has 0 aliphatic carbocycles. The normalized spacial score (nSPS) is 10.4. The van der Waals surface area contributed by atoms with Crippen molar-refractivity contribution >= 4 is 5.91 Å². The van der Waals surface area contributed by atoms with E-state index < -0.39 is 0 Å². The smallest absolute Gasteiger partial charge is 0.253 e. The van der Waals surface area contributed by atoms with Crippen LogP contribution in [-0.2, 0) is 24.3 Å². The van der Waals surface area contributed by atoms with E-state index in [0.29, 0.717) is 13.0 Å². The minimum atomic E-state index is -0.318. The summed E-state index contributed by atoms with van der Waals surface area (Å²) in [7, 11) is 0. The molecule has 2 rings (SSSR count). The number of amides is 1. The predicted molar refractivity (Wildman–Crippen MR) is 79.4 cm³/mol. The van der Waals surface area contributed by atoms with Crippen LogP contribution in [0.3, 0.4) is 0 Å². The molecule has 2 aromatic rings. The molecule has 0 atom stereocenters. The highest BCUT2D eigenvalue weighted by Gasteiger charge is 2.04. The summed E-state index contributed by atoms with van der Waals surface area (Å²) in [4.78, 5) is 42.9. The van der Waals surface area contributed by atoms with Crippen LogP contribution in [-0.4, -0.2) is 31.6 Å². The van der Waals surface area contributed by atoms with E-state index in [0.717, 1.165) is 5.69 Å². The zero-order valence-electron chi connectivity index (χ0n) is 12.2. The summed E-state index contributed by atoms with van der Waals surface area (Å²) in [5.41, 5.74) is 0.298. The second kappa shape index (κ2) is 7.30. The van der Waals surface area contributed by atoms with Crippen molar-refractivity contribution in [3.05, 3.63) is 57.4 Å². The van der Waals surface area contributed by atoms with Gasteiger partial charge in [0.1, 0.15) is 6.54 Å². The fourth-order valence-corrected chi connectivity index (χ4v) is 1.85. The van der Waals surface area contributed by atoms with Gasteiger partial charge in [-0.1, -0.05) is 6.92 Å². The van der Waals surface area contributed by atoms with Crippen molar-refractivity contribution < 1.29 is 4.79 Å². The number of nitrogens with one attached hydrogen (secondary N) is 1. The topological polar surface area (TPSA) is 98.9 Å². The maximum Gasteiger partial charge on any atom is 0.253 e. The van der Waals surface area contributed by atoms with E-state index in [4.69, 9.17) is 0 Å². The molecule has 0 saturated carbocycles. The molecule has 1 amide bonds. The van der Waals surface area contributed by atoms with Gasteiger partial charge in [0.05, 0.1) is 12.7 Å². The van der Waals surface area contributed by atoms with Gasteiger partial charge in [0.2, 0.25) is 5.91 Å². The number of aryl methyl sites for hydroxylation is 1. The van der Waals surface area contributed by atoms with E-state index in [1.807, 2.05) is 6.92 Å². The van der Waals surface area contributed by atoms with Crippen LogP contribution in [0.25, 0.3) is 0 Å². The van der Waals surface area contributed by atoms with E-state index in [1.165, 1.54) is 40.1 Å². The van der Waals surface area contributed by atoms with Crippen LogP contribution in [0.15, 0.2) is 40.6 Å². The zero-order valence-corrected chi connectivity index (χ0v) is 12.2. The zero-order chi connectivity index (χ0) is 15.9. The summed E-state index contributed by atoms with van der Waals surface area (Å²) in [5.74, 6) is -0.318. The lowest BCUT2D eigenvalue weighted by atomic mass is 10.3. The third-order valence-corrected chi connectivity index (χ3v) is 3.08. The first kappa shape index (κ1) is 15.6. The van der Waals surface area contributed by atoms with E-state index in [2.05, 4.69) is 15.3 Å². The number of carbonyl (C=O) groups is 1. The third kappa shape index (κ3) is 4.11. The van der Waals surface area contributed by atoms with Crippen molar-refractivity contribution in [1.29, 1.82) is 0 Å². The summed E-state index contributed by atoms with van der Waals surface area (Å²) < 4.78 is 2.63. The van der Waals surface area contributed by atoms with Gasteiger partial charge in [-0.25, -0.2) is 9.97 Å². The first-order valence-corrected chi connectivity index (χ1v) is 6.92. The largest absolute Gasteiger partial charge is 0.353 e. The fourth-order valence-electron chi connectivity index (χ4n) is 1.85. The van der Waals surface area contributed by atoms with Crippen LogP contribution < -0.4 is 16.4 Å². The molecule has 116 valence electrons. The van der Waals surface area contributed by atoms with E-state index >= 15 is 0 Å². The van der Waals surface area contributed by atoms with Gasteiger partial charge in [-0.15, -0.1) is 0 Å². The molecule has 0 spiro atoms. The van der Waals surface area contributed by atoms with Crippen LogP contribution in [0.5, 0.6) is 0 Å². The maximum absolute atomic E-state index is 11.8. The van der Waals surface area contributed by atoms with Gasteiger partial charge in [0.25, 0.3) is 11.1 Å². The number of rotatable bonds is 6. The monoisotopic (exact) mass is 303 g/mol. The fraction of sp³-hybridized carbons (Fsp3) is 0.357. The molecule has 0 saturated heterocycles. The highest BCUT2D eigenvalue weighted by Crippen LogP contribution is 1.89. The Morgan fingerprint density at radius 1 is 1.23 bits per heavy atom. The molecule has 0 aliphatic heterocycles. The van der Waals surface area contributed by atoms with Crippen LogP contribution in [0, 0.1) is 0 Å². The lowest BCUT2D eigenvalue weighted by Crippen LogP contribution is -2.35. The number of nitrogens with zero attached hydrogens (tertiary/aromatic N) is 4. The molecule has 0 bridgehead atoms. The molecule has 0 fully saturated rings. The highest BCUT2D eigenvalue weighted by molar-refractivity contribution is 5.75. The van der Waals surface area contributed by atoms with Gasteiger partial charge in [0.15, 0.2) is 0 Å². The van der Waals surface area contributed by atoms with Crippen LogP contribution in [0.4, 0.5) is 0 Å². The Hall–Kier alpha value is -2.77. The van der Waals surface area contributed by atoms with Gasteiger partial charge >= 0.3 is 0 Å². The van der Waals surface area contributed by atoms with Crippen molar-refractivity contribution in [3.63, 3.8) is 0 Å². The molecule has 0 aromatic carbocycles. The van der Waals surface area contributed by atoms with Crippen molar-refractivity contribution in [1.82, 2.24) is 24.4 Å². The standard InChI is InChI=1S/C14H17N5O3/c1-2-11-7-14(22)18(10-17-11)6-5-16-12(20)8-19-9-15-4-3-13(19)21/h3-4,7,9-10H,2,5-6,8H2,1H3,(H,16,20). The van der Waals surface area contributed by atoms with Crippen molar-refractivity contribution in [2.24, 2.45) is 0 Å². The summed E-state index contributed by atoms with van der Waals surface area (Å²) in [6.07, 6.45) is 4.85. The molecule has 8 nitrogen and oxygen atoms in total. The second-order valence-electron chi connectivity index (χ2n) is 4.66. The predicted octanol–water partition coefficient (Wildman–Crippen LogP) is -0.821. The Kier molecular flexibility index (Phi) is 5.18. The Morgan fingerprint density at radius 3 is 2.73 bits per heavy atom. The van der Waals surface area contributed by atoms with Gasteiger partial charge in [-0.3, -0.25) is 23.5 Å². The SMILES string of the molecule is CCc1cc(=O)n(CCNC(=O)Cn2cnccc2=O)cn1. The maximum atomic E-state index is 11.8. The summed E-state index contributed by atoms with van der Waals surface area (Å²) in [5, 5.41) is 2.65. The highest BCUT2D eigenvalue weighted by atomic mass is 16.2. The lowest BCUT2D eigenvalue weighted by molar-refractivity contribution is -0.121. The average molecular weight is 303 g/mol. The molecular weight excluding hydrogens is 286 g/mol. The first-order chi connectivity index (χ1) is 10.6. The van der Waals surface area contributed by atoms with Crippen molar-refractivity contribution in [3.8, 4) is 0 Å². The van der Waals surface area contributed by atoms with Crippen LogP contribution in [0.1, 0.15) is 12.6 Å². The number of hydrogen-bond donors (Lipinski definition) is 1. The Morgan fingerprint density at radius 2 is 2.05 bits per heavy atom. The van der Waals surface area contributed by atoms with Crippen molar-refractivity contribution in [2.45, 2.75) is 26.4 Å². The van der Waals surface area contributed by atoms with E-state index in [1.54, 1.807) is 0 Å². The minimum Gasteiger partial charge on any atom is -0.353 e. The van der Waals surface area contributed by atoms with Gasteiger partial charge in [0, 0.05) is 37.1 Å². The number of aromatic nitrogens is 4. The lowest BCUT2D eigenvalue weighted by Gasteiger charge is -2.08. The van der Waals surface area contributed by atoms with E-state index in [9.17, 15) is 14.4 Å². The van der Waals surface area contributed by atoms with Gasteiger partial charge < -0.3 is 5.32 Å². The Labute approximate surface area is 126 Å². The first-order valence-electron chi connectivity index (χ1n) is 6.92. The summed E-state index contributed by atoms with van der Waals surface area (Å²) in [6.45, 7) is 2.42. The third-order valence-electron chi connectivity index (χ3n) is 3.08. The quantitative estimate of drug-likeness (QED) is 0.751. The molecule has 1 N–H and O–H groups in total. The molecule has 8 heteroatoms. The van der Waals surface area contributed by atoms with Gasteiger partial charge in [-0.2, -0.15) is 0 Å². The molecular formula is C14H17N5O3. The molecule has 0 aliphatic rings. The number of carbonyl (C=O) groups excluding carboxylic acids is 1. The average Bonchev–Trinajstić information content (AvgIpc) is 2.51. The Balaban J connectivity index is 1.86. The molecule has 0 unspecified atom stereocenters.